The molecule has 0 aromatic heterocycles. The predicted octanol–water partition coefficient (Wildman–Crippen LogP) is 2.00. The van der Waals surface area contributed by atoms with E-state index in [-0.39, 0.29) is 0 Å². The van der Waals surface area contributed by atoms with E-state index in [2.05, 4.69) is 33.0 Å². The molecule has 0 fully saturated rings. The fourth-order valence-electron chi connectivity index (χ4n) is 1.49. The molecule has 0 aliphatic carbocycles. The van der Waals surface area contributed by atoms with Gasteiger partial charge in [0, 0.05) is 6.04 Å². The molecular weight excluding hydrogens is 160 g/mol. The summed E-state index contributed by atoms with van der Waals surface area (Å²) in [6.07, 6.45) is 2.43. The van der Waals surface area contributed by atoms with Crippen LogP contribution >= 0.6 is 0 Å². The SMILES string of the molecule is CCC(CC)NCC(CN)C(C)C. The Kier molecular flexibility index (Phi) is 7.29. The molecule has 1 unspecified atom stereocenters. The summed E-state index contributed by atoms with van der Waals surface area (Å²) < 4.78 is 0. The number of nitrogens with two attached hydrogens (primary N) is 1. The van der Waals surface area contributed by atoms with E-state index < -0.39 is 0 Å². The Balaban J connectivity index is 3.69. The van der Waals surface area contributed by atoms with Gasteiger partial charge < -0.3 is 11.1 Å². The van der Waals surface area contributed by atoms with Crippen molar-refractivity contribution in [3.8, 4) is 0 Å². The summed E-state index contributed by atoms with van der Waals surface area (Å²) in [6.45, 7) is 10.8. The second kappa shape index (κ2) is 7.34. The fourth-order valence-corrected chi connectivity index (χ4v) is 1.49. The molecule has 0 saturated heterocycles. The smallest absolute Gasteiger partial charge is 0.00619 e. The van der Waals surface area contributed by atoms with Crippen molar-refractivity contribution < 1.29 is 0 Å². The van der Waals surface area contributed by atoms with Gasteiger partial charge in [0.25, 0.3) is 0 Å². The average Bonchev–Trinajstić information content (AvgIpc) is 2.12. The summed E-state index contributed by atoms with van der Waals surface area (Å²) in [5.41, 5.74) is 5.70. The van der Waals surface area contributed by atoms with Gasteiger partial charge in [-0.05, 0) is 37.8 Å². The van der Waals surface area contributed by atoms with Gasteiger partial charge in [-0.3, -0.25) is 0 Å². The van der Waals surface area contributed by atoms with Gasteiger partial charge in [0.1, 0.15) is 0 Å². The maximum absolute atomic E-state index is 5.70. The molecule has 0 amide bonds. The summed E-state index contributed by atoms with van der Waals surface area (Å²) in [5.74, 6) is 1.31. The lowest BCUT2D eigenvalue weighted by Crippen LogP contribution is -2.37. The first-order valence-electron chi connectivity index (χ1n) is 5.59. The van der Waals surface area contributed by atoms with Crippen molar-refractivity contribution in [1.82, 2.24) is 5.32 Å². The van der Waals surface area contributed by atoms with Gasteiger partial charge in [-0.25, -0.2) is 0 Å². The highest BCUT2D eigenvalue weighted by Crippen LogP contribution is 2.08. The van der Waals surface area contributed by atoms with Gasteiger partial charge in [-0.15, -0.1) is 0 Å². The molecule has 1 atom stereocenters. The summed E-state index contributed by atoms with van der Waals surface area (Å²) >= 11 is 0. The Labute approximate surface area is 83.3 Å². The number of rotatable bonds is 7. The highest BCUT2D eigenvalue weighted by Gasteiger charge is 2.12. The van der Waals surface area contributed by atoms with Crippen LogP contribution in [0.5, 0.6) is 0 Å². The van der Waals surface area contributed by atoms with Crippen LogP contribution in [-0.4, -0.2) is 19.1 Å². The summed E-state index contributed by atoms with van der Waals surface area (Å²) in [4.78, 5) is 0. The van der Waals surface area contributed by atoms with Crippen molar-refractivity contribution in [2.75, 3.05) is 13.1 Å². The normalized spacial score (nSPS) is 14.1. The van der Waals surface area contributed by atoms with Crippen LogP contribution in [0.1, 0.15) is 40.5 Å². The van der Waals surface area contributed by atoms with Crippen molar-refractivity contribution in [3.63, 3.8) is 0 Å². The van der Waals surface area contributed by atoms with Crippen LogP contribution in [-0.2, 0) is 0 Å². The standard InChI is InChI=1S/C11H26N2/c1-5-11(6-2)13-8-10(7-12)9(3)4/h9-11,13H,5-8,12H2,1-4H3. The van der Waals surface area contributed by atoms with E-state index in [1.165, 1.54) is 12.8 Å². The molecule has 3 N–H and O–H groups in total. The molecule has 0 spiro atoms. The van der Waals surface area contributed by atoms with Crippen LogP contribution in [0.4, 0.5) is 0 Å². The van der Waals surface area contributed by atoms with Crippen LogP contribution < -0.4 is 11.1 Å². The Bertz CT molecular complexity index is 109. The lowest BCUT2D eigenvalue weighted by atomic mass is 9.95. The van der Waals surface area contributed by atoms with Crippen molar-refractivity contribution in [1.29, 1.82) is 0 Å². The maximum atomic E-state index is 5.70. The van der Waals surface area contributed by atoms with Gasteiger partial charge in [0.05, 0.1) is 0 Å². The number of hydrogen-bond acceptors (Lipinski definition) is 2. The monoisotopic (exact) mass is 186 g/mol. The minimum atomic E-state index is 0.626. The molecule has 0 aromatic carbocycles. The molecule has 0 aliphatic rings. The van der Waals surface area contributed by atoms with E-state index in [0.29, 0.717) is 17.9 Å². The molecule has 0 heterocycles. The number of nitrogens with one attached hydrogen (secondary N) is 1. The van der Waals surface area contributed by atoms with Crippen LogP contribution in [0.3, 0.4) is 0 Å². The first-order valence-corrected chi connectivity index (χ1v) is 5.59. The van der Waals surface area contributed by atoms with Crippen molar-refractivity contribution >= 4 is 0 Å². The minimum Gasteiger partial charge on any atom is -0.330 e. The predicted molar refractivity (Wildman–Crippen MR) is 59.8 cm³/mol. The molecule has 13 heavy (non-hydrogen) atoms. The highest BCUT2D eigenvalue weighted by molar-refractivity contribution is 4.70. The first kappa shape index (κ1) is 12.9. The third-order valence-electron chi connectivity index (χ3n) is 2.90. The van der Waals surface area contributed by atoms with Crippen LogP contribution in [0.25, 0.3) is 0 Å². The van der Waals surface area contributed by atoms with Gasteiger partial charge in [0.15, 0.2) is 0 Å². The Morgan fingerprint density at radius 1 is 1.15 bits per heavy atom. The zero-order valence-electron chi connectivity index (χ0n) is 9.64. The lowest BCUT2D eigenvalue weighted by molar-refractivity contribution is 0.343. The molecule has 2 heteroatoms. The Hall–Kier alpha value is -0.0800. The zero-order valence-corrected chi connectivity index (χ0v) is 9.64. The lowest BCUT2D eigenvalue weighted by Gasteiger charge is -2.23. The zero-order chi connectivity index (χ0) is 10.3. The van der Waals surface area contributed by atoms with Gasteiger partial charge in [0.2, 0.25) is 0 Å². The molecule has 0 aromatic rings. The largest absolute Gasteiger partial charge is 0.330 e. The Morgan fingerprint density at radius 3 is 2.00 bits per heavy atom. The van der Waals surface area contributed by atoms with E-state index in [1.807, 2.05) is 0 Å². The topological polar surface area (TPSA) is 38.0 Å². The third kappa shape index (κ3) is 5.27. The fraction of sp³-hybridized carbons (Fsp3) is 1.00. The third-order valence-corrected chi connectivity index (χ3v) is 2.90. The van der Waals surface area contributed by atoms with E-state index in [1.54, 1.807) is 0 Å². The van der Waals surface area contributed by atoms with E-state index in [4.69, 9.17) is 5.73 Å². The summed E-state index contributed by atoms with van der Waals surface area (Å²) in [7, 11) is 0. The van der Waals surface area contributed by atoms with Crippen LogP contribution in [0, 0.1) is 11.8 Å². The molecule has 0 bridgehead atoms. The quantitative estimate of drug-likeness (QED) is 0.638. The van der Waals surface area contributed by atoms with E-state index in [0.717, 1.165) is 13.1 Å². The summed E-state index contributed by atoms with van der Waals surface area (Å²) in [5, 5.41) is 3.57. The van der Waals surface area contributed by atoms with Crippen molar-refractivity contribution in [2.24, 2.45) is 17.6 Å². The second-order valence-electron chi connectivity index (χ2n) is 4.16. The summed E-state index contributed by atoms with van der Waals surface area (Å²) in [6, 6.07) is 0.674. The minimum absolute atomic E-state index is 0.626. The van der Waals surface area contributed by atoms with Crippen molar-refractivity contribution in [3.05, 3.63) is 0 Å². The van der Waals surface area contributed by atoms with Gasteiger partial charge >= 0.3 is 0 Å². The van der Waals surface area contributed by atoms with Gasteiger partial charge in [-0.1, -0.05) is 27.7 Å². The van der Waals surface area contributed by atoms with Crippen LogP contribution in [0.15, 0.2) is 0 Å². The molecule has 2 nitrogen and oxygen atoms in total. The molecule has 80 valence electrons. The Morgan fingerprint density at radius 2 is 1.69 bits per heavy atom. The molecule has 0 rings (SSSR count). The second-order valence-corrected chi connectivity index (χ2v) is 4.16. The molecule has 0 saturated carbocycles. The molecule has 0 aliphatic heterocycles. The van der Waals surface area contributed by atoms with E-state index >= 15 is 0 Å². The molecular formula is C11H26N2. The van der Waals surface area contributed by atoms with Crippen molar-refractivity contribution in [2.45, 2.75) is 46.6 Å². The highest BCUT2D eigenvalue weighted by atomic mass is 14.9. The molecule has 0 radical (unpaired) electrons. The van der Waals surface area contributed by atoms with E-state index in [9.17, 15) is 0 Å². The maximum Gasteiger partial charge on any atom is 0.00619 e. The first-order chi connectivity index (χ1) is 6.15. The van der Waals surface area contributed by atoms with Crippen LogP contribution in [0.2, 0.25) is 0 Å². The van der Waals surface area contributed by atoms with Gasteiger partial charge in [-0.2, -0.15) is 0 Å². The average molecular weight is 186 g/mol. The number of hydrogen-bond donors (Lipinski definition) is 2.